The van der Waals surface area contributed by atoms with E-state index < -0.39 is 33.2 Å². The molecule has 11 heteroatoms. The Kier molecular flexibility index (Phi) is 6.77. The topological polar surface area (TPSA) is 130 Å². The minimum Gasteiger partial charge on any atom is -0.465 e. The number of carbonyl (C=O) groups is 2. The maximum atomic E-state index is 13.2. The molecule has 2 aliphatic heterocycles. The molecule has 2 aliphatic rings. The molecule has 3 N–H and O–H groups in total. The molecule has 2 heterocycles. The maximum absolute atomic E-state index is 13.2. The zero-order valence-electron chi connectivity index (χ0n) is 17.9. The van der Waals surface area contributed by atoms with Gasteiger partial charge in [0.1, 0.15) is 0 Å². The van der Waals surface area contributed by atoms with Crippen molar-refractivity contribution in [2.45, 2.75) is 26.7 Å². The van der Waals surface area contributed by atoms with E-state index >= 15 is 0 Å². The molecule has 172 valence electrons. The van der Waals surface area contributed by atoms with Crippen molar-refractivity contribution in [1.82, 2.24) is 14.7 Å². The van der Waals surface area contributed by atoms with Crippen LogP contribution in [0.15, 0.2) is 18.2 Å². The minimum absolute atomic E-state index is 0.0351. The number of carbonyl (C=O) groups excluding carboxylic acids is 1. The molecule has 1 aromatic carbocycles. The van der Waals surface area contributed by atoms with E-state index in [1.807, 2.05) is 19.9 Å². The van der Waals surface area contributed by atoms with Crippen LogP contribution in [0, 0.1) is 19.3 Å². The van der Waals surface area contributed by atoms with E-state index in [4.69, 9.17) is 5.11 Å². The molecule has 0 unspecified atom stereocenters. The summed E-state index contributed by atoms with van der Waals surface area (Å²) in [6, 6.07) is 6.19. The second-order valence-corrected chi connectivity index (χ2v) is 10.4. The van der Waals surface area contributed by atoms with Crippen molar-refractivity contribution in [2.75, 3.05) is 49.9 Å². The van der Waals surface area contributed by atoms with E-state index in [0.29, 0.717) is 26.2 Å². The van der Waals surface area contributed by atoms with Crippen LogP contribution < -0.4 is 10.4 Å². The predicted molar refractivity (Wildman–Crippen MR) is 115 cm³/mol. The number of aryl methyl sites for hydroxylation is 2. The van der Waals surface area contributed by atoms with E-state index in [0.717, 1.165) is 21.7 Å². The Balaban J connectivity index is 1.70. The molecule has 2 amide bonds. The van der Waals surface area contributed by atoms with E-state index in [-0.39, 0.29) is 25.9 Å². The molecule has 0 radical (unpaired) electrons. The second kappa shape index (κ2) is 9.01. The van der Waals surface area contributed by atoms with Gasteiger partial charge in [-0.05, 0) is 43.9 Å². The van der Waals surface area contributed by atoms with Gasteiger partial charge in [0, 0.05) is 45.0 Å². The zero-order valence-corrected chi connectivity index (χ0v) is 18.7. The Hall–Kier alpha value is -2.37. The van der Waals surface area contributed by atoms with Gasteiger partial charge in [-0.25, -0.2) is 18.7 Å². The van der Waals surface area contributed by atoms with Crippen LogP contribution in [0.4, 0.5) is 10.5 Å². The first-order valence-electron chi connectivity index (χ1n) is 10.3. The molecule has 0 aliphatic carbocycles. The maximum Gasteiger partial charge on any atom is 0.407 e. The highest BCUT2D eigenvalue weighted by Crippen LogP contribution is 2.35. The van der Waals surface area contributed by atoms with Gasteiger partial charge in [-0.15, -0.1) is 0 Å². The van der Waals surface area contributed by atoms with Gasteiger partial charge in [0.25, 0.3) is 5.91 Å². The molecule has 0 bridgehead atoms. The number of hydroxylamine groups is 1. The number of nitrogens with one attached hydrogen (secondary N) is 1. The summed E-state index contributed by atoms with van der Waals surface area (Å²) in [6.45, 7) is 5.80. The van der Waals surface area contributed by atoms with Crippen LogP contribution in [0.3, 0.4) is 0 Å². The molecule has 0 aromatic heterocycles. The monoisotopic (exact) mass is 454 g/mol. The Morgan fingerprint density at radius 1 is 1.06 bits per heavy atom. The van der Waals surface area contributed by atoms with Crippen LogP contribution in [0.1, 0.15) is 24.0 Å². The summed E-state index contributed by atoms with van der Waals surface area (Å²) in [5.74, 6) is -1.24. The summed E-state index contributed by atoms with van der Waals surface area (Å²) in [5, 5.41) is 18.3. The Morgan fingerprint density at radius 3 is 2.23 bits per heavy atom. The summed E-state index contributed by atoms with van der Waals surface area (Å²) < 4.78 is 27.7. The first-order valence-corrected chi connectivity index (χ1v) is 11.9. The van der Waals surface area contributed by atoms with Crippen molar-refractivity contribution in [3.63, 3.8) is 0 Å². The molecule has 1 aromatic rings. The van der Waals surface area contributed by atoms with Gasteiger partial charge < -0.3 is 14.9 Å². The first kappa shape index (κ1) is 23.3. The van der Waals surface area contributed by atoms with Crippen molar-refractivity contribution in [3.8, 4) is 0 Å². The first-order chi connectivity index (χ1) is 14.6. The molecule has 10 nitrogen and oxygen atoms in total. The molecule has 3 rings (SSSR count). The van der Waals surface area contributed by atoms with E-state index in [2.05, 4.69) is 17.0 Å². The highest BCUT2D eigenvalue weighted by molar-refractivity contribution is 7.89. The summed E-state index contributed by atoms with van der Waals surface area (Å²) >= 11 is 0. The molecular weight excluding hydrogens is 424 g/mol. The number of carboxylic acid groups (broad SMARTS) is 1. The number of hydrogen-bond donors (Lipinski definition) is 3. The second-order valence-electron chi connectivity index (χ2n) is 8.42. The number of amides is 2. The van der Waals surface area contributed by atoms with Crippen LogP contribution in [0.5, 0.6) is 0 Å². The molecule has 0 saturated carbocycles. The minimum atomic E-state index is -3.79. The van der Waals surface area contributed by atoms with Gasteiger partial charge in [-0.3, -0.25) is 10.0 Å². The lowest BCUT2D eigenvalue weighted by Gasteiger charge is -2.41. The van der Waals surface area contributed by atoms with E-state index in [1.54, 1.807) is 5.48 Å². The fourth-order valence-corrected chi connectivity index (χ4v) is 6.41. The molecular formula is C20H30N4O6S. The van der Waals surface area contributed by atoms with Crippen molar-refractivity contribution >= 4 is 27.7 Å². The Morgan fingerprint density at radius 2 is 1.68 bits per heavy atom. The largest absolute Gasteiger partial charge is 0.465 e. The number of piperazine rings is 1. The van der Waals surface area contributed by atoms with Crippen LogP contribution in [-0.2, 0) is 14.8 Å². The lowest BCUT2D eigenvalue weighted by atomic mass is 9.79. The van der Waals surface area contributed by atoms with Crippen molar-refractivity contribution in [3.05, 3.63) is 29.3 Å². The molecule has 2 saturated heterocycles. The summed E-state index contributed by atoms with van der Waals surface area (Å²) in [6.07, 6.45) is -1.04. The van der Waals surface area contributed by atoms with Crippen LogP contribution in [-0.4, -0.2) is 85.0 Å². The number of rotatable bonds is 5. The van der Waals surface area contributed by atoms with Gasteiger partial charge in [0.05, 0.1) is 11.2 Å². The zero-order chi connectivity index (χ0) is 22.8. The van der Waals surface area contributed by atoms with Gasteiger partial charge in [-0.2, -0.15) is 4.31 Å². The number of hydrogen-bond acceptors (Lipinski definition) is 6. The Labute approximate surface area is 182 Å². The SMILES string of the molecule is Cc1ccc(C)c(N2CCN(S(=O)(=O)CC3(C(=O)NO)CCN(C(=O)O)CC3)CC2)c1. The van der Waals surface area contributed by atoms with Gasteiger partial charge in [-0.1, -0.05) is 12.1 Å². The third kappa shape index (κ3) is 4.94. The molecule has 2 fully saturated rings. The summed E-state index contributed by atoms with van der Waals surface area (Å²) in [5.41, 5.74) is 3.59. The highest BCUT2D eigenvalue weighted by Gasteiger charge is 2.47. The lowest BCUT2D eigenvalue weighted by molar-refractivity contribution is -0.141. The number of nitrogens with zero attached hydrogens (tertiary/aromatic N) is 3. The normalized spacial score (nSPS) is 19.8. The molecule has 0 spiro atoms. The van der Waals surface area contributed by atoms with Crippen molar-refractivity contribution in [2.24, 2.45) is 5.41 Å². The van der Waals surface area contributed by atoms with Crippen LogP contribution in [0.2, 0.25) is 0 Å². The fourth-order valence-electron chi connectivity index (χ4n) is 4.39. The standard InChI is InChI=1S/C20H30N4O6S/c1-15-3-4-16(2)17(13-15)22-9-11-24(12-10-22)31(29,30)14-20(18(25)21-28)5-7-23(8-6-20)19(26)27/h3-4,13,28H,5-12,14H2,1-2H3,(H,21,25)(H,26,27). The average molecular weight is 455 g/mol. The predicted octanol–water partition coefficient (Wildman–Crippen LogP) is 1.02. The number of likely N-dealkylation sites (tertiary alicyclic amines) is 1. The van der Waals surface area contributed by atoms with Crippen LogP contribution >= 0.6 is 0 Å². The third-order valence-corrected chi connectivity index (χ3v) is 8.44. The molecule has 0 atom stereocenters. The number of sulfonamides is 1. The number of anilines is 1. The summed E-state index contributed by atoms with van der Waals surface area (Å²) in [4.78, 5) is 26.9. The Bertz CT molecular complexity index is 935. The van der Waals surface area contributed by atoms with Gasteiger partial charge >= 0.3 is 6.09 Å². The highest BCUT2D eigenvalue weighted by atomic mass is 32.2. The number of benzene rings is 1. The van der Waals surface area contributed by atoms with Gasteiger partial charge in [0.2, 0.25) is 10.0 Å². The van der Waals surface area contributed by atoms with E-state index in [1.165, 1.54) is 4.31 Å². The fraction of sp³-hybridized carbons (Fsp3) is 0.600. The third-order valence-electron chi connectivity index (χ3n) is 6.37. The average Bonchev–Trinajstić information content (AvgIpc) is 2.75. The smallest absolute Gasteiger partial charge is 0.407 e. The van der Waals surface area contributed by atoms with Crippen molar-refractivity contribution < 1.29 is 28.3 Å². The van der Waals surface area contributed by atoms with E-state index in [9.17, 15) is 23.2 Å². The van der Waals surface area contributed by atoms with Crippen LogP contribution in [0.25, 0.3) is 0 Å². The lowest BCUT2D eigenvalue weighted by Crippen LogP contribution is -2.56. The number of piperidine rings is 1. The summed E-state index contributed by atoms with van der Waals surface area (Å²) in [7, 11) is -3.79. The quantitative estimate of drug-likeness (QED) is 0.447. The van der Waals surface area contributed by atoms with Crippen molar-refractivity contribution in [1.29, 1.82) is 0 Å². The van der Waals surface area contributed by atoms with Gasteiger partial charge in [0.15, 0.2) is 0 Å². The molecule has 31 heavy (non-hydrogen) atoms.